The van der Waals surface area contributed by atoms with Crippen LogP contribution in [0.1, 0.15) is 23.1 Å². The summed E-state index contributed by atoms with van der Waals surface area (Å²) in [6, 6.07) is 23.8. The van der Waals surface area contributed by atoms with E-state index < -0.39 is 31.8 Å². The second-order valence-electron chi connectivity index (χ2n) is 9.96. The van der Waals surface area contributed by atoms with Crippen molar-refractivity contribution in [2.75, 3.05) is 11.4 Å². The van der Waals surface area contributed by atoms with Gasteiger partial charge in [-0.05, 0) is 36.2 Å². The Hall–Kier alpha value is -2.95. The zero-order valence-corrected chi connectivity index (χ0v) is 22.5. The van der Waals surface area contributed by atoms with Crippen LogP contribution in [0.25, 0.3) is 0 Å². The Labute approximate surface area is 223 Å². The maximum atomic E-state index is 14.4. The van der Waals surface area contributed by atoms with Crippen molar-refractivity contribution in [1.82, 2.24) is 9.80 Å². The van der Waals surface area contributed by atoms with E-state index in [4.69, 9.17) is 0 Å². The van der Waals surface area contributed by atoms with E-state index in [1.807, 2.05) is 49.4 Å². The highest BCUT2D eigenvalue weighted by Gasteiger charge is 2.77. The number of benzene rings is 3. The van der Waals surface area contributed by atoms with E-state index >= 15 is 0 Å². The molecule has 3 aromatic carbocycles. The van der Waals surface area contributed by atoms with Crippen molar-refractivity contribution in [3.63, 3.8) is 0 Å². The Morgan fingerprint density at radius 3 is 2.32 bits per heavy atom. The fraction of sp³-hybridized carbons (Fsp3) is 0.259. The molecule has 4 atom stereocenters. The van der Waals surface area contributed by atoms with Crippen LogP contribution in [0.15, 0.2) is 83.8 Å². The van der Waals surface area contributed by atoms with Crippen LogP contribution in [0.4, 0.5) is 5.69 Å². The number of hydrogen-bond acceptors (Lipinski definition) is 6. The zero-order chi connectivity index (χ0) is 25.7. The summed E-state index contributed by atoms with van der Waals surface area (Å²) in [5.74, 6) is -0.387. The molecule has 8 rings (SSSR count). The number of fused-ring (bicyclic) bond motifs is 5. The van der Waals surface area contributed by atoms with Gasteiger partial charge in [-0.25, -0.2) is 12.7 Å². The fourth-order valence-corrected chi connectivity index (χ4v) is 11.5. The minimum Gasteiger partial charge on any atom is -0.322 e. The Kier molecular flexibility index (Phi) is 4.73. The molecule has 37 heavy (non-hydrogen) atoms. The molecule has 0 unspecified atom stereocenters. The lowest BCUT2D eigenvalue weighted by Crippen LogP contribution is -2.72. The van der Waals surface area contributed by atoms with Gasteiger partial charge in [0.25, 0.3) is 21.8 Å². The monoisotopic (exact) mass is 549 g/mol. The van der Waals surface area contributed by atoms with Crippen LogP contribution in [0, 0.1) is 6.92 Å². The van der Waals surface area contributed by atoms with E-state index in [2.05, 4.69) is 0 Å². The number of likely N-dealkylation sites (N-methyl/N-ethyl adjacent to an activating group) is 1. The molecule has 188 valence electrons. The van der Waals surface area contributed by atoms with Crippen LogP contribution in [0.5, 0.6) is 0 Å². The summed E-state index contributed by atoms with van der Waals surface area (Å²) in [6.45, 7) is 2.00. The van der Waals surface area contributed by atoms with Gasteiger partial charge in [-0.1, -0.05) is 87.8 Å². The number of rotatable bonds is 3. The van der Waals surface area contributed by atoms with Crippen molar-refractivity contribution < 1.29 is 18.0 Å². The number of carbonyl (C=O) groups is 2. The molecule has 4 saturated heterocycles. The Bertz CT molecular complexity index is 1580. The van der Waals surface area contributed by atoms with Gasteiger partial charge in [-0.2, -0.15) is 0 Å². The lowest BCUT2D eigenvalue weighted by Gasteiger charge is -2.53. The molecular formula is C27H23N3O4S3. The third-order valence-corrected chi connectivity index (χ3v) is 13.1. The number of aryl methyl sites for hydroxylation is 1. The van der Waals surface area contributed by atoms with Crippen LogP contribution in [0.2, 0.25) is 0 Å². The third kappa shape index (κ3) is 2.73. The minimum atomic E-state index is -4.09. The molecule has 10 heteroatoms. The number of hydrogen-bond donors (Lipinski definition) is 0. The molecular weight excluding hydrogens is 527 g/mol. The van der Waals surface area contributed by atoms with Crippen LogP contribution in [-0.2, 0) is 25.0 Å². The second kappa shape index (κ2) is 7.55. The lowest BCUT2D eigenvalue weighted by atomic mass is 9.72. The summed E-state index contributed by atoms with van der Waals surface area (Å²) < 4.78 is 30.2. The van der Waals surface area contributed by atoms with E-state index in [-0.39, 0.29) is 23.1 Å². The summed E-state index contributed by atoms with van der Waals surface area (Å²) >= 11 is 0. The molecule has 1 spiro atoms. The number of anilines is 1. The molecule has 2 amide bonds. The van der Waals surface area contributed by atoms with Gasteiger partial charge in [0.2, 0.25) is 0 Å². The number of carbonyl (C=O) groups excluding carboxylic acids is 2. The van der Waals surface area contributed by atoms with Crippen molar-refractivity contribution in [3.05, 3.63) is 95.6 Å². The fourth-order valence-electron chi connectivity index (χ4n) is 6.39. The predicted octanol–water partition coefficient (Wildman–Crippen LogP) is 3.94. The third-order valence-electron chi connectivity index (χ3n) is 8.04. The quantitative estimate of drug-likeness (QED) is 0.461. The average Bonchev–Trinajstić information content (AvgIpc) is 3.37. The number of nitrogens with zero attached hydrogens (tertiary/aromatic N) is 3. The van der Waals surface area contributed by atoms with Crippen LogP contribution in [-0.4, -0.2) is 53.5 Å². The molecule has 5 aliphatic rings. The molecule has 3 aromatic rings. The first-order valence-corrected chi connectivity index (χ1v) is 15.6. The Morgan fingerprint density at radius 1 is 0.919 bits per heavy atom. The van der Waals surface area contributed by atoms with E-state index in [9.17, 15) is 18.0 Å². The summed E-state index contributed by atoms with van der Waals surface area (Å²) in [4.78, 5) is 29.9. The number of para-hydroxylation sites is 1. The number of sulfonamides is 1. The largest absolute Gasteiger partial charge is 0.322 e. The molecule has 0 aromatic heterocycles. The summed E-state index contributed by atoms with van der Waals surface area (Å²) in [6.07, 6.45) is -0.635. The molecule has 0 radical (unpaired) electrons. The van der Waals surface area contributed by atoms with Gasteiger partial charge < -0.3 is 4.90 Å². The molecule has 4 fully saturated rings. The zero-order valence-electron chi connectivity index (χ0n) is 20.1. The summed E-state index contributed by atoms with van der Waals surface area (Å²) in [5.41, 5.74) is 2.39. The topological polar surface area (TPSA) is 78.0 Å². The smallest absolute Gasteiger partial charge is 0.266 e. The summed E-state index contributed by atoms with van der Waals surface area (Å²) in [5, 5.41) is -0.696. The minimum absolute atomic E-state index is 0.144. The van der Waals surface area contributed by atoms with Crippen molar-refractivity contribution in [3.8, 4) is 0 Å². The SMILES string of the molecule is Cc1ccc([C@]23C[C@@]45SS[C@@H](C(=O)N4[C@H]2N(S(=O)(=O)c2ccccc2)c2ccccc23)N(C)C5=O)cc1. The van der Waals surface area contributed by atoms with Gasteiger partial charge in [0.05, 0.1) is 16.0 Å². The van der Waals surface area contributed by atoms with Gasteiger partial charge in [0.1, 0.15) is 6.17 Å². The molecule has 7 nitrogen and oxygen atoms in total. The van der Waals surface area contributed by atoms with E-state index in [0.717, 1.165) is 16.7 Å². The Morgan fingerprint density at radius 2 is 1.59 bits per heavy atom. The van der Waals surface area contributed by atoms with Crippen molar-refractivity contribution in [2.24, 2.45) is 0 Å². The van der Waals surface area contributed by atoms with Crippen molar-refractivity contribution in [2.45, 2.75) is 40.1 Å². The molecule has 0 aliphatic carbocycles. The molecule has 5 aliphatic heterocycles. The van der Waals surface area contributed by atoms with E-state index in [1.165, 1.54) is 30.8 Å². The molecule has 0 saturated carbocycles. The lowest BCUT2D eigenvalue weighted by molar-refractivity contribution is -0.158. The van der Waals surface area contributed by atoms with Crippen molar-refractivity contribution >= 4 is 49.1 Å². The summed E-state index contributed by atoms with van der Waals surface area (Å²) in [7, 11) is 0.351. The first-order chi connectivity index (χ1) is 17.7. The molecule has 2 bridgehead atoms. The van der Waals surface area contributed by atoms with Gasteiger partial charge in [0, 0.05) is 13.5 Å². The van der Waals surface area contributed by atoms with Crippen LogP contribution < -0.4 is 4.31 Å². The second-order valence-corrected chi connectivity index (χ2v) is 14.3. The average molecular weight is 550 g/mol. The highest BCUT2D eigenvalue weighted by Crippen LogP contribution is 2.69. The normalized spacial score (nSPS) is 29.9. The van der Waals surface area contributed by atoms with Gasteiger partial charge in [-0.15, -0.1) is 0 Å². The number of amides is 2. The predicted molar refractivity (Wildman–Crippen MR) is 144 cm³/mol. The number of piperazine rings is 1. The van der Waals surface area contributed by atoms with E-state index in [1.54, 1.807) is 48.3 Å². The van der Waals surface area contributed by atoms with Gasteiger partial charge in [-0.3, -0.25) is 14.5 Å². The molecule has 0 N–H and O–H groups in total. The van der Waals surface area contributed by atoms with Gasteiger partial charge >= 0.3 is 0 Å². The first kappa shape index (κ1) is 23.2. The first-order valence-electron chi connectivity index (χ1n) is 11.9. The highest BCUT2D eigenvalue weighted by molar-refractivity contribution is 8.78. The van der Waals surface area contributed by atoms with Crippen LogP contribution >= 0.6 is 21.6 Å². The Balaban J connectivity index is 1.57. The highest BCUT2D eigenvalue weighted by atomic mass is 33.1. The van der Waals surface area contributed by atoms with Crippen LogP contribution in [0.3, 0.4) is 0 Å². The maximum Gasteiger partial charge on any atom is 0.266 e. The standard InChI is InChI=1S/C27H23N3O4S3/c1-17-12-14-18(15-13-17)26-16-27-25(32)28(2)23(35-36-27)22(31)29(27)24(26)30(21-11-7-6-10-20(21)26)37(33,34)19-8-4-3-5-9-19/h3-15,23-24H,16H2,1-2H3/t23-,24-,26-,27-/m0/s1. The molecule has 5 heterocycles. The maximum absolute atomic E-state index is 14.4. The van der Waals surface area contributed by atoms with Crippen molar-refractivity contribution in [1.29, 1.82) is 0 Å². The van der Waals surface area contributed by atoms with Gasteiger partial charge in [0.15, 0.2) is 10.2 Å². The van der Waals surface area contributed by atoms with E-state index in [0.29, 0.717) is 5.69 Å².